The number of sulfone groups is 1. The standard InChI is InChI=1S/C12H23NO3S/c1-9-11(7-8-16-9)17(14,15)12-6-4-3-5-10(12)13-2/h9-13H,3-8H2,1-2H3. The third-order valence-corrected chi connectivity index (χ3v) is 7.10. The van der Waals surface area contributed by atoms with Gasteiger partial charge in [-0.05, 0) is 33.2 Å². The monoisotopic (exact) mass is 261 g/mol. The van der Waals surface area contributed by atoms with Crippen molar-refractivity contribution in [1.82, 2.24) is 5.32 Å². The predicted octanol–water partition coefficient (Wildman–Crippen LogP) is 1.11. The lowest BCUT2D eigenvalue weighted by Crippen LogP contribution is -2.49. The summed E-state index contributed by atoms with van der Waals surface area (Å²) >= 11 is 0. The molecule has 100 valence electrons. The molecule has 4 nitrogen and oxygen atoms in total. The molecule has 1 aliphatic carbocycles. The summed E-state index contributed by atoms with van der Waals surface area (Å²) in [6, 6.07) is 0.126. The van der Waals surface area contributed by atoms with Crippen LogP contribution in [0.15, 0.2) is 0 Å². The van der Waals surface area contributed by atoms with E-state index in [0.29, 0.717) is 13.0 Å². The molecule has 1 aliphatic heterocycles. The molecule has 0 aromatic heterocycles. The summed E-state index contributed by atoms with van der Waals surface area (Å²) in [5.41, 5.74) is 0. The van der Waals surface area contributed by atoms with Crippen molar-refractivity contribution in [1.29, 1.82) is 0 Å². The molecule has 0 radical (unpaired) electrons. The Bertz CT molecular complexity index is 355. The van der Waals surface area contributed by atoms with Gasteiger partial charge in [0.1, 0.15) is 0 Å². The van der Waals surface area contributed by atoms with Gasteiger partial charge in [0.15, 0.2) is 9.84 Å². The molecule has 1 N–H and O–H groups in total. The lowest BCUT2D eigenvalue weighted by Gasteiger charge is -2.33. The average molecular weight is 261 g/mol. The van der Waals surface area contributed by atoms with E-state index in [9.17, 15) is 8.42 Å². The predicted molar refractivity (Wildman–Crippen MR) is 67.8 cm³/mol. The maximum absolute atomic E-state index is 12.6. The van der Waals surface area contributed by atoms with E-state index in [1.165, 1.54) is 0 Å². The molecule has 4 unspecified atom stereocenters. The fourth-order valence-electron chi connectivity index (χ4n) is 3.19. The van der Waals surface area contributed by atoms with E-state index in [-0.39, 0.29) is 22.6 Å². The molecule has 0 bridgehead atoms. The second-order valence-electron chi connectivity index (χ2n) is 5.21. The smallest absolute Gasteiger partial charge is 0.160 e. The lowest BCUT2D eigenvalue weighted by molar-refractivity contribution is 0.126. The SMILES string of the molecule is CNC1CCCCC1S(=O)(=O)C1CCOC1C. The van der Waals surface area contributed by atoms with Crippen LogP contribution in [0.4, 0.5) is 0 Å². The largest absolute Gasteiger partial charge is 0.377 e. The van der Waals surface area contributed by atoms with E-state index >= 15 is 0 Å². The zero-order valence-corrected chi connectivity index (χ0v) is 11.5. The highest BCUT2D eigenvalue weighted by atomic mass is 32.2. The summed E-state index contributed by atoms with van der Waals surface area (Å²) in [5.74, 6) is 0. The maximum Gasteiger partial charge on any atom is 0.160 e. The summed E-state index contributed by atoms with van der Waals surface area (Å²) in [7, 11) is -1.19. The van der Waals surface area contributed by atoms with Crippen LogP contribution in [0.1, 0.15) is 39.0 Å². The van der Waals surface area contributed by atoms with Crippen molar-refractivity contribution in [3.63, 3.8) is 0 Å². The Balaban J connectivity index is 2.18. The molecule has 17 heavy (non-hydrogen) atoms. The highest BCUT2D eigenvalue weighted by Gasteiger charge is 2.44. The zero-order chi connectivity index (χ0) is 12.5. The molecule has 1 heterocycles. The third-order valence-electron chi connectivity index (χ3n) is 4.22. The van der Waals surface area contributed by atoms with Crippen molar-refractivity contribution in [2.75, 3.05) is 13.7 Å². The van der Waals surface area contributed by atoms with Gasteiger partial charge in [0.25, 0.3) is 0 Å². The van der Waals surface area contributed by atoms with Crippen molar-refractivity contribution in [3.05, 3.63) is 0 Å². The Hall–Kier alpha value is -0.130. The van der Waals surface area contributed by atoms with Crippen molar-refractivity contribution in [2.24, 2.45) is 0 Å². The minimum absolute atomic E-state index is 0.126. The number of nitrogens with one attached hydrogen (secondary N) is 1. The molecule has 5 heteroatoms. The fourth-order valence-corrected chi connectivity index (χ4v) is 5.90. The fraction of sp³-hybridized carbons (Fsp3) is 1.00. The molecular weight excluding hydrogens is 238 g/mol. The van der Waals surface area contributed by atoms with Gasteiger partial charge in [0, 0.05) is 12.6 Å². The minimum atomic E-state index is -3.06. The summed E-state index contributed by atoms with van der Waals surface area (Å²) in [6.07, 6.45) is 4.47. The summed E-state index contributed by atoms with van der Waals surface area (Å²) in [5, 5.41) is 2.68. The molecule has 1 saturated heterocycles. The second-order valence-corrected chi connectivity index (χ2v) is 7.60. The van der Waals surface area contributed by atoms with Crippen LogP contribution in [0.25, 0.3) is 0 Å². The third kappa shape index (κ3) is 2.51. The highest BCUT2D eigenvalue weighted by molar-refractivity contribution is 7.92. The quantitative estimate of drug-likeness (QED) is 0.827. The first-order valence-corrected chi connectivity index (χ1v) is 8.20. The molecular formula is C12H23NO3S. The van der Waals surface area contributed by atoms with Crippen molar-refractivity contribution in [3.8, 4) is 0 Å². The summed E-state index contributed by atoms with van der Waals surface area (Å²) < 4.78 is 30.7. The van der Waals surface area contributed by atoms with Gasteiger partial charge < -0.3 is 10.1 Å². The molecule has 0 spiro atoms. The van der Waals surface area contributed by atoms with E-state index in [0.717, 1.165) is 25.7 Å². The Morgan fingerprint density at radius 2 is 1.82 bits per heavy atom. The van der Waals surface area contributed by atoms with Gasteiger partial charge in [-0.15, -0.1) is 0 Å². The van der Waals surface area contributed by atoms with Crippen LogP contribution in [0.5, 0.6) is 0 Å². The molecule has 2 rings (SSSR count). The molecule has 4 atom stereocenters. The second kappa shape index (κ2) is 5.24. The van der Waals surface area contributed by atoms with E-state index < -0.39 is 9.84 Å². The Morgan fingerprint density at radius 3 is 2.41 bits per heavy atom. The topological polar surface area (TPSA) is 55.4 Å². The molecule has 0 aromatic carbocycles. The van der Waals surface area contributed by atoms with Gasteiger partial charge in [0.2, 0.25) is 0 Å². The minimum Gasteiger partial charge on any atom is -0.377 e. The van der Waals surface area contributed by atoms with Gasteiger partial charge in [-0.1, -0.05) is 12.8 Å². The van der Waals surface area contributed by atoms with Crippen LogP contribution < -0.4 is 5.32 Å². The maximum atomic E-state index is 12.6. The van der Waals surface area contributed by atoms with Crippen LogP contribution in [-0.2, 0) is 14.6 Å². The average Bonchev–Trinajstić information content (AvgIpc) is 2.76. The van der Waals surface area contributed by atoms with Gasteiger partial charge >= 0.3 is 0 Å². The number of ether oxygens (including phenoxy) is 1. The van der Waals surface area contributed by atoms with Gasteiger partial charge in [-0.25, -0.2) is 8.42 Å². The molecule has 0 aromatic rings. The Labute approximate surface area is 104 Å². The number of hydrogen-bond acceptors (Lipinski definition) is 4. The highest BCUT2D eigenvalue weighted by Crippen LogP contribution is 2.31. The van der Waals surface area contributed by atoms with Gasteiger partial charge in [-0.2, -0.15) is 0 Å². The molecule has 1 saturated carbocycles. The summed E-state index contributed by atoms with van der Waals surface area (Å²) in [6.45, 7) is 2.47. The normalized spacial score (nSPS) is 39.4. The van der Waals surface area contributed by atoms with Crippen LogP contribution in [0, 0.1) is 0 Å². The van der Waals surface area contributed by atoms with Crippen LogP contribution in [0.2, 0.25) is 0 Å². The van der Waals surface area contributed by atoms with Crippen molar-refractivity contribution < 1.29 is 13.2 Å². The Kier molecular flexibility index (Phi) is 4.10. The van der Waals surface area contributed by atoms with Gasteiger partial charge in [-0.3, -0.25) is 0 Å². The van der Waals surface area contributed by atoms with Crippen LogP contribution in [0.3, 0.4) is 0 Å². The number of rotatable bonds is 3. The lowest BCUT2D eigenvalue weighted by atomic mass is 9.95. The van der Waals surface area contributed by atoms with E-state index in [4.69, 9.17) is 4.74 Å². The molecule has 0 amide bonds. The van der Waals surface area contributed by atoms with Crippen molar-refractivity contribution in [2.45, 2.75) is 61.7 Å². The van der Waals surface area contributed by atoms with Crippen LogP contribution in [-0.4, -0.2) is 44.7 Å². The first-order valence-electron chi connectivity index (χ1n) is 6.59. The molecule has 2 fully saturated rings. The van der Waals surface area contributed by atoms with Crippen molar-refractivity contribution >= 4 is 9.84 Å². The van der Waals surface area contributed by atoms with E-state index in [2.05, 4.69) is 5.32 Å². The Morgan fingerprint density at radius 1 is 1.12 bits per heavy atom. The van der Waals surface area contributed by atoms with Crippen LogP contribution >= 0.6 is 0 Å². The van der Waals surface area contributed by atoms with E-state index in [1.807, 2.05) is 14.0 Å². The first-order chi connectivity index (χ1) is 8.07. The zero-order valence-electron chi connectivity index (χ0n) is 10.7. The first kappa shape index (κ1) is 13.3. The van der Waals surface area contributed by atoms with Gasteiger partial charge in [0.05, 0.1) is 16.6 Å². The number of hydrogen-bond donors (Lipinski definition) is 1. The van der Waals surface area contributed by atoms with E-state index in [1.54, 1.807) is 0 Å². The molecule has 2 aliphatic rings. The summed E-state index contributed by atoms with van der Waals surface area (Å²) in [4.78, 5) is 0.